The molecule has 4 nitrogen and oxygen atoms in total. The fourth-order valence-electron chi connectivity index (χ4n) is 3.30. The number of aromatic nitrogens is 2. The normalized spacial score (nSPS) is 14.2. The van der Waals surface area contributed by atoms with Crippen LogP contribution in [0.15, 0.2) is 42.5 Å². The minimum absolute atomic E-state index is 0.198. The summed E-state index contributed by atoms with van der Waals surface area (Å²) in [5.74, 6) is -0.512. The highest BCUT2D eigenvalue weighted by Gasteiger charge is 2.20. The molecule has 0 atom stereocenters. The lowest BCUT2D eigenvalue weighted by molar-refractivity contribution is 0.103. The monoisotopic (exact) mass is 335 g/mol. The van der Waals surface area contributed by atoms with Crippen LogP contribution in [0, 0.1) is 12.7 Å². The molecule has 0 radical (unpaired) electrons. The molecule has 0 unspecified atom stereocenters. The Balaban J connectivity index is 1.79. The average molecular weight is 335 g/mol. The second kappa shape index (κ2) is 6.24. The molecular formula is C20H18FN3O. The molecule has 0 aliphatic carbocycles. The largest absolute Gasteiger partial charge is 0.369 e. The van der Waals surface area contributed by atoms with Crippen LogP contribution < -0.4 is 4.90 Å². The Morgan fingerprint density at radius 2 is 1.72 bits per heavy atom. The third-order valence-electron chi connectivity index (χ3n) is 4.60. The Bertz CT molecular complexity index is 950. The number of hydrogen-bond donors (Lipinski definition) is 0. The number of aryl methyl sites for hydroxylation is 1. The third kappa shape index (κ3) is 2.86. The van der Waals surface area contributed by atoms with E-state index in [1.54, 1.807) is 37.3 Å². The Morgan fingerprint density at radius 3 is 2.44 bits per heavy atom. The highest BCUT2D eigenvalue weighted by molar-refractivity contribution is 6.09. The number of fused-ring (bicyclic) bond motifs is 1. The summed E-state index contributed by atoms with van der Waals surface area (Å²) in [6, 6.07) is 12.1. The quantitative estimate of drug-likeness (QED) is 0.681. The van der Waals surface area contributed by atoms with Gasteiger partial charge in [-0.2, -0.15) is 0 Å². The second-order valence-corrected chi connectivity index (χ2v) is 6.34. The van der Waals surface area contributed by atoms with E-state index in [0.717, 1.165) is 25.9 Å². The molecule has 4 rings (SSSR count). The van der Waals surface area contributed by atoms with E-state index in [-0.39, 0.29) is 17.3 Å². The number of ketones is 1. The summed E-state index contributed by atoms with van der Waals surface area (Å²) in [5, 5.41) is 0. The highest BCUT2D eigenvalue weighted by atomic mass is 19.1. The molecule has 126 valence electrons. The highest BCUT2D eigenvalue weighted by Crippen LogP contribution is 2.28. The molecule has 1 fully saturated rings. The van der Waals surface area contributed by atoms with Crippen molar-refractivity contribution in [3.05, 3.63) is 65.2 Å². The van der Waals surface area contributed by atoms with Gasteiger partial charge in [0.15, 0.2) is 0 Å². The molecule has 0 saturated carbocycles. The summed E-state index contributed by atoms with van der Waals surface area (Å²) in [6.07, 6.45) is 2.15. The third-order valence-corrected chi connectivity index (χ3v) is 4.60. The molecule has 3 aromatic rings. The van der Waals surface area contributed by atoms with E-state index in [1.165, 1.54) is 6.07 Å². The minimum Gasteiger partial charge on any atom is -0.369 e. The van der Waals surface area contributed by atoms with E-state index in [4.69, 9.17) is 0 Å². The summed E-state index contributed by atoms with van der Waals surface area (Å²) >= 11 is 0. The average Bonchev–Trinajstić information content (AvgIpc) is 3.15. The van der Waals surface area contributed by atoms with Crippen molar-refractivity contribution in [2.45, 2.75) is 19.8 Å². The van der Waals surface area contributed by atoms with Crippen LogP contribution >= 0.6 is 0 Å². The first-order valence-electron chi connectivity index (χ1n) is 8.46. The molecule has 1 aliphatic rings. The molecule has 1 aliphatic heterocycles. The van der Waals surface area contributed by atoms with Crippen molar-refractivity contribution < 1.29 is 9.18 Å². The van der Waals surface area contributed by atoms with Crippen LogP contribution in [0.4, 0.5) is 10.1 Å². The molecule has 2 aromatic carbocycles. The van der Waals surface area contributed by atoms with Crippen molar-refractivity contribution in [2.75, 3.05) is 18.0 Å². The second-order valence-electron chi connectivity index (χ2n) is 6.34. The SMILES string of the molecule is Cc1nc2cc(N3CCCC3)c(F)cc2nc1C(=O)c1ccccc1. The van der Waals surface area contributed by atoms with Gasteiger partial charge in [0, 0.05) is 24.7 Å². The van der Waals surface area contributed by atoms with Gasteiger partial charge in [-0.15, -0.1) is 0 Å². The smallest absolute Gasteiger partial charge is 0.213 e. The summed E-state index contributed by atoms with van der Waals surface area (Å²) in [5.41, 5.74) is 2.97. The molecule has 25 heavy (non-hydrogen) atoms. The molecule has 1 saturated heterocycles. The van der Waals surface area contributed by atoms with Gasteiger partial charge < -0.3 is 4.90 Å². The van der Waals surface area contributed by atoms with Crippen molar-refractivity contribution in [3.63, 3.8) is 0 Å². The zero-order chi connectivity index (χ0) is 17.4. The van der Waals surface area contributed by atoms with Crippen molar-refractivity contribution in [1.82, 2.24) is 9.97 Å². The molecule has 0 amide bonds. The summed E-state index contributed by atoms with van der Waals surface area (Å²) in [4.78, 5) is 23.6. The Hall–Kier alpha value is -2.82. The number of benzene rings is 2. The van der Waals surface area contributed by atoms with Gasteiger partial charge in [-0.05, 0) is 25.8 Å². The van der Waals surface area contributed by atoms with Gasteiger partial charge in [0.2, 0.25) is 5.78 Å². The molecule has 5 heteroatoms. The van der Waals surface area contributed by atoms with Crippen LogP contribution in [0.2, 0.25) is 0 Å². The summed E-state index contributed by atoms with van der Waals surface area (Å²) < 4.78 is 14.5. The molecule has 2 heterocycles. The van der Waals surface area contributed by atoms with Gasteiger partial charge >= 0.3 is 0 Å². The van der Waals surface area contributed by atoms with Gasteiger partial charge in [-0.1, -0.05) is 30.3 Å². The standard InChI is InChI=1S/C20H18FN3O/c1-13-19(20(25)14-7-3-2-4-8-14)23-16-11-15(21)18(12-17(16)22-13)24-9-5-6-10-24/h2-4,7-8,11-12H,5-6,9-10H2,1H3. The predicted molar refractivity (Wildman–Crippen MR) is 95.6 cm³/mol. The van der Waals surface area contributed by atoms with E-state index in [9.17, 15) is 9.18 Å². The number of carbonyl (C=O) groups excluding carboxylic acids is 1. The van der Waals surface area contributed by atoms with E-state index in [2.05, 4.69) is 9.97 Å². The van der Waals surface area contributed by atoms with Crippen LogP contribution in [-0.2, 0) is 0 Å². The maximum absolute atomic E-state index is 14.5. The first-order valence-corrected chi connectivity index (χ1v) is 8.46. The Labute approximate surface area is 145 Å². The maximum atomic E-state index is 14.5. The van der Waals surface area contributed by atoms with Gasteiger partial charge in [0.25, 0.3) is 0 Å². The number of nitrogens with zero attached hydrogens (tertiary/aromatic N) is 3. The fraction of sp³-hybridized carbons (Fsp3) is 0.250. The van der Waals surface area contributed by atoms with Crippen molar-refractivity contribution in [2.24, 2.45) is 0 Å². The van der Waals surface area contributed by atoms with Gasteiger partial charge in [0.05, 0.1) is 22.4 Å². The number of anilines is 1. The van der Waals surface area contributed by atoms with Crippen LogP contribution in [0.25, 0.3) is 11.0 Å². The van der Waals surface area contributed by atoms with Crippen LogP contribution in [0.1, 0.15) is 34.6 Å². The van der Waals surface area contributed by atoms with Gasteiger partial charge in [-0.3, -0.25) is 4.79 Å². The van der Waals surface area contributed by atoms with E-state index < -0.39 is 0 Å². The van der Waals surface area contributed by atoms with Crippen molar-refractivity contribution in [3.8, 4) is 0 Å². The number of carbonyl (C=O) groups is 1. The molecule has 0 spiro atoms. The van der Waals surface area contributed by atoms with Crippen molar-refractivity contribution >= 4 is 22.5 Å². The first-order chi connectivity index (χ1) is 12.1. The Morgan fingerprint density at radius 1 is 1.04 bits per heavy atom. The zero-order valence-electron chi connectivity index (χ0n) is 14.0. The van der Waals surface area contributed by atoms with Crippen molar-refractivity contribution in [1.29, 1.82) is 0 Å². The van der Waals surface area contributed by atoms with E-state index in [0.29, 0.717) is 28.0 Å². The topological polar surface area (TPSA) is 46.1 Å². The minimum atomic E-state index is -0.314. The zero-order valence-corrected chi connectivity index (χ0v) is 14.0. The van der Waals surface area contributed by atoms with Crippen LogP contribution in [-0.4, -0.2) is 28.8 Å². The van der Waals surface area contributed by atoms with Crippen LogP contribution in [0.5, 0.6) is 0 Å². The molecular weight excluding hydrogens is 317 g/mol. The lowest BCUT2D eigenvalue weighted by Gasteiger charge is -2.18. The molecule has 0 N–H and O–H groups in total. The van der Waals surface area contributed by atoms with E-state index >= 15 is 0 Å². The predicted octanol–water partition coefficient (Wildman–Crippen LogP) is 3.91. The lowest BCUT2D eigenvalue weighted by Crippen LogP contribution is -2.19. The van der Waals surface area contributed by atoms with Gasteiger partial charge in [0.1, 0.15) is 11.5 Å². The molecule has 1 aromatic heterocycles. The lowest BCUT2D eigenvalue weighted by atomic mass is 10.1. The molecule has 0 bridgehead atoms. The summed E-state index contributed by atoms with van der Waals surface area (Å²) in [7, 11) is 0. The first kappa shape index (κ1) is 15.7. The van der Waals surface area contributed by atoms with Gasteiger partial charge in [-0.25, -0.2) is 14.4 Å². The maximum Gasteiger partial charge on any atom is 0.213 e. The summed E-state index contributed by atoms with van der Waals surface area (Å²) in [6.45, 7) is 3.49. The Kier molecular flexibility index (Phi) is 3.92. The van der Waals surface area contributed by atoms with Crippen LogP contribution in [0.3, 0.4) is 0 Å². The fourth-order valence-corrected chi connectivity index (χ4v) is 3.30. The number of rotatable bonds is 3. The van der Waals surface area contributed by atoms with E-state index in [1.807, 2.05) is 11.0 Å². The number of hydrogen-bond acceptors (Lipinski definition) is 4. The number of halogens is 1.